The van der Waals surface area contributed by atoms with Gasteiger partial charge in [-0.05, 0) is 69.3 Å². The molecule has 150 valence electrons. The van der Waals surface area contributed by atoms with Crippen molar-refractivity contribution in [2.45, 2.75) is 55.2 Å². The Bertz CT molecular complexity index is 938. The zero-order valence-electron chi connectivity index (χ0n) is 15.4. The summed E-state index contributed by atoms with van der Waals surface area (Å²) in [4.78, 5) is 0.00721. The van der Waals surface area contributed by atoms with E-state index in [2.05, 4.69) is 11.4 Å². The summed E-state index contributed by atoms with van der Waals surface area (Å²) in [5, 5.41) is 2.12. The lowest BCUT2D eigenvalue weighted by molar-refractivity contribution is 0.523. The quantitative estimate of drug-likeness (QED) is 0.571. The molecule has 0 bridgehead atoms. The van der Waals surface area contributed by atoms with E-state index >= 15 is 0 Å². The van der Waals surface area contributed by atoms with Crippen LogP contribution in [0.5, 0.6) is 0 Å². The summed E-state index contributed by atoms with van der Waals surface area (Å²) in [5.41, 5.74) is 1.65. The average molecular weight is 416 g/mol. The van der Waals surface area contributed by atoms with Crippen LogP contribution in [0.2, 0.25) is 0 Å². The summed E-state index contributed by atoms with van der Waals surface area (Å²) in [6.07, 6.45) is 7.54. The molecule has 1 aliphatic heterocycles. The van der Waals surface area contributed by atoms with Crippen LogP contribution in [-0.4, -0.2) is 46.2 Å². The fourth-order valence-electron chi connectivity index (χ4n) is 3.96. The number of sulfone groups is 2. The topological polar surface area (TPSA) is 80.3 Å². The molecule has 1 fully saturated rings. The highest BCUT2D eigenvalue weighted by Gasteiger charge is 2.45. The number of nitrogens with one attached hydrogen (secondary N) is 1. The van der Waals surface area contributed by atoms with Gasteiger partial charge in [-0.25, -0.2) is 21.2 Å². The van der Waals surface area contributed by atoms with E-state index < -0.39 is 42.5 Å². The van der Waals surface area contributed by atoms with E-state index in [1.165, 1.54) is 31.4 Å². The number of aryl methyl sites for hydroxylation is 1. The Kier molecular flexibility index (Phi) is 6.08. The largest absolute Gasteiger partial charge is 0.311 e. The summed E-state index contributed by atoms with van der Waals surface area (Å²) in [6, 6.07) is 2.85. The highest BCUT2D eigenvalue weighted by atomic mass is 32.2. The van der Waals surface area contributed by atoms with Crippen molar-refractivity contribution in [3.05, 3.63) is 41.2 Å². The Labute approximate surface area is 160 Å². The van der Waals surface area contributed by atoms with E-state index in [0.717, 1.165) is 31.4 Å². The summed E-state index contributed by atoms with van der Waals surface area (Å²) < 4.78 is 63.8. The maximum Gasteiger partial charge on any atom is 0.184 e. The third kappa shape index (κ3) is 4.78. The minimum atomic E-state index is -3.88. The molecule has 0 radical (unpaired) electrons. The van der Waals surface area contributed by atoms with Gasteiger partial charge < -0.3 is 5.32 Å². The molecule has 1 aromatic carbocycles. The molecule has 1 N–H and O–H groups in total. The first kappa shape index (κ1) is 20.5. The van der Waals surface area contributed by atoms with Gasteiger partial charge in [0.05, 0.1) is 21.7 Å². The molecule has 27 heavy (non-hydrogen) atoms. The molecule has 0 saturated carbocycles. The molecule has 2 aliphatic rings. The molecule has 1 aliphatic carbocycles. The lowest BCUT2D eigenvalue weighted by Gasteiger charge is -2.21. The average Bonchev–Trinajstić information content (AvgIpc) is 2.91. The van der Waals surface area contributed by atoms with Crippen LogP contribution in [-0.2, 0) is 19.7 Å². The van der Waals surface area contributed by atoms with Gasteiger partial charge in [0.1, 0.15) is 5.82 Å². The predicted molar refractivity (Wildman–Crippen MR) is 104 cm³/mol. The van der Waals surface area contributed by atoms with Crippen molar-refractivity contribution in [1.29, 1.82) is 0 Å². The number of allylic oxidation sites excluding steroid dienone is 1. The first-order valence-corrected chi connectivity index (χ1v) is 12.7. The number of halogens is 1. The van der Waals surface area contributed by atoms with Crippen molar-refractivity contribution in [2.24, 2.45) is 0 Å². The van der Waals surface area contributed by atoms with Crippen LogP contribution in [0.1, 0.15) is 37.7 Å². The van der Waals surface area contributed by atoms with Crippen molar-refractivity contribution in [3.8, 4) is 0 Å². The molecule has 1 aromatic rings. The van der Waals surface area contributed by atoms with E-state index in [1.54, 1.807) is 0 Å². The number of rotatable bonds is 6. The Balaban J connectivity index is 1.77. The minimum Gasteiger partial charge on any atom is -0.311 e. The van der Waals surface area contributed by atoms with Crippen molar-refractivity contribution in [2.75, 3.05) is 18.1 Å². The van der Waals surface area contributed by atoms with Crippen LogP contribution in [0.4, 0.5) is 4.39 Å². The monoisotopic (exact) mass is 415 g/mol. The fourth-order valence-corrected chi connectivity index (χ4v) is 8.90. The third-order valence-electron chi connectivity index (χ3n) is 5.38. The van der Waals surface area contributed by atoms with Crippen LogP contribution >= 0.6 is 0 Å². The Morgan fingerprint density at radius 3 is 2.67 bits per heavy atom. The standard InChI is InChI=1S/C19H26FNO4S2/c1-14-11-16(20)7-8-18(14)27(24,25)19-13-26(22,23)12-17(19)21-10-9-15-5-3-2-4-6-15/h5,7-8,11,17,19,21H,2-4,6,9-10,12-13H2,1H3/t17-,19-/m0/s1. The van der Waals surface area contributed by atoms with E-state index in [-0.39, 0.29) is 10.6 Å². The number of hydrogen-bond donors (Lipinski definition) is 1. The Hall–Kier alpha value is -1.25. The molecule has 3 rings (SSSR count). The second-order valence-electron chi connectivity index (χ2n) is 7.49. The van der Waals surface area contributed by atoms with Gasteiger partial charge in [-0.15, -0.1) is 0 Å². The highest BCUT2D eigenvalue weighted by Crippen LogP contribution is 2.28. The molecule has 0 spiro atoms. The third-order valence-corrected chi connectivity index (χ3v) is 9.69. The maximum absolute atomic E-state index is 13.3. The smallest absolute Gasteiger partial charge is 0.184 e. The van der Waals surface area contributed by atoms with E-state index in [9.17, 15) is 21.2 Å². The molecule has 2 atom stereocenters. The fraction of sp³-hybridized carbons (Fsp3) is 0.579. The summed E-state index contributed by atoms with van der Waals surface area (Å²) in [6.45, 7) is 2.08. The second-order valence-corrected chi connectivity index (χ2v) is 11.8. The number of benzene rings is 1. The van der Waals surface area contributed by atoms with Crippen LogP contribution in [0.3, 0.4) is 0 Å². The predicted octanol–water partition coefficient (Wildman–Crippen LogP) is 2.55. The van der Waals surface area contributed by atoms with Crippen LogP contribution in [0.25, 0.3) is 0 Å². The van der Waals surface area contributed by atoms with Crippen LogP contribution in [0, 0.1) is 12.7 Å². The molecular weight excluding hydrogens is 389 g/mol. The molecule has 0 unspecified atom stereocenters. The zero-order chi connectivity index (χ0) is 19.7. The Morgan fingerprint density at radius 2 is 2.00 bits per heavy atom. The minimum absolute atomic E-state index is 0.00721. The van der Waals surface area contributed by atoms with E-state index in [1.807, 2.05) is 0 Å². The van der Waals surface area contributed by atoms with E-state index in [4.69, 9.17) is 0 Å². The van der Waals surface area contributed by atoms with Crippen LogP contribution < -0.4 is 5.32 Å². The van der Waals surface area contributed by atoms with Crippen molar-refractivity contribution in [3.63, 3.8) is 0 Å². The summed E-state index contributed by atoms with van der Waals surface area (Å²) in [7, 11) is -7.33. The van der Waals surface area contributed by atoms with Crippen molar-refractivity contribution < 1.29 is 21.2 Å². The van der Waals surface area contributed by atoms with Gasteiger partial charge in [0.25, 0.3) is 0 Å². The molecule has 0 aromatic heterocycles. The van der Waals surface area contributed by atoms with Crippen LogP contribution in [0.15, 0.2) is 34.7 Å². The number of hydrogen-bond acceptors (Lipinski definition) is 5. The Morgan fingerprint density at radius 1 is 1.22 bits per heavy atom. The van der Waals surface area contributed by atoms with E-state index in [0.29, 0.717) is 12.1 Å². The molecular formula is C19H26FNO4S2. The SMILES string of the molecule is Cc1cc(F)ccc1S(=O)(=O)[C@H]1CS(=O)(=O)C[C@@H]1NCCC1=CCCCC1. The lowest BCUT2D eigenvalue weighted by atomic mass is 9.97. The second kappa shape index (κ2) is 8.01. The lowest BCUT2D eigenvalue weighted by Crippen LogP contribution is -2.44. The molecule has 1 saturated heterocycles. The normalized spacial score (nSPS) is 25.3. The van der Waals surface area contributed by atoms with Gasteiger partial charge in [0.2, 0.25) is 0 Å². The maximum atomic E-state index is 13.3. The summed E-state index contributed by atoms with van der Waals surface area (Å²) >= 11 is 0. The van der Waals surface area contributed by atoms with Gasteiger partial charge in [-0.3, -0.25) is 0 Å². The molecule has 1 heterocycles. The summed E-state index contributed by atoms with van der Waals surface area (Å²) in [5.74, 6) is -1.09. The first-order valence-electron chi connectivity index (χ1n) is 9.31. The molecule has 5 nitrogen and oxygen atoms in total. The van der Waals surface area contributed by atoms with Crippen molar-refractivity contribution in [1.82, 2.24) is 5.32 Å². The highest BCUT2D eigenvalue weighted by molar-refractivity contribution is 7.96. The molecule has 0 amide bonds. The van der Waals surface area contributed by atoms with Gasteiger partial charge >= 0.3 is 0 Å². The first-order chi connectivity index (χ1) is 12.7. The van der Waals surface area contributed by atoms with Gasteiger partial charge in [-0.1, -0.05) is 11.6 Å². The van der Waals surface area contributed by atoms with Gasteiger partial charge in [0.15, 0.2) is 19.7 Å². The molecule has 8 heteroatoms. The van der Waals surface area contributed by atoms with Gasteiger partial charge in [-0.2, -0.15) is 0 Å². The van der Waals surface area contributed by atoms with Crippen molar-refractivity contribution >= 4 is 19.7 Å². The van der Waals surface area contributed by atoms with Gasteiger partial charge in [0, 0.05) is 6.04 Å². The zero-order valence-corrected chi connectivity index (χ0v) is 17.1.